The smallest absolute Gasteiger partial charge is 0.255 e. The lowest BCUT2D eigenvalue weighted by molar-refractivity contribution is 0.102. The molecule has 1 amide bonds. The van der Waals surface area contributed by atoms with Gasteiger partial charge >= 0.3 is 0 Å². The lowest BCUT2D eigenvalue weighted by atomic mass is 10.1. The van der Waals surface area contributed by atoms with Crippen LogP contribution in [0.2, 0.25) is 0 Å². The molecule has 0 unspecified atom stereocenters. The Morgan fingerprint density at radius 2 is 1.78 bits per heavy atom. The van der Waals surface area contributed by atoms with E-state index in [2.05, 4.69) is 15.3 Å². The number of nitrogens with one attached hydrogen (secondary N) is 1. The van der Waals surface area contributed by atoms with Crippen LogP contribution >= 0.6 is 0 Å². The Kier molecular flexibility index (Phi) is 5.05. The highest BCUT2D eigenvalue weighted by molar-refractivity contribution is 6.04. The van der Waals surface area contributed by atoms with Gasteiger partial charge in [0.1, 0.15) is 17.3 Å². The number of amides is 1. The second-order valence-corrected chi connectivity index (χ2v) is 7.07. The minimum absolute atomic E-state index is 0.275. The Morgan fingerprint density at radius 1 is 0.938 bits per heavy atom. The summed E-state index contributed by atoms with van der Waals surface area (Å²) in [6.07, 6.45) is 5.46. The van der Waals surface area contributed by atoms with E-state index in [0.29, 0.717) is 28.5 Å². The summed E-state index contributed by atoms with van der Waals surface area (Å²) in [4.78, 5) is 21.6. The standard InChI is InChI=1S/C25H17FN4O2/c26-19-8-10-21(11-9-19)32-22-7-2-5-18(15-22)24(31)28-20-6-1-4-17(14-20)23-16-30-13-3-12-27-25(30)29-23/h1-16H,(H,28,31). The molecule has 0 aliphatic heterocycles. The van der Waals surface area contributed by atoms with Gasteiger partial charge in [-0.05, 0) is 60.7 Å². The summed E-state index contributed by atoms with van der Waals surface area (Å²) in [5.41, 5.74) is 2.70. The van der Waals surface area contributed by atoms with Gasteiger partial charge in [-0.25, -0.2) is 14.4 Å². The second kappa shape index (κ2) is 8.31. The Balaban J connectivity index is 1.34. The van der Waals surface area contributed by atoms with Crippen LogP contribution in [0.15, 0.2) is 97.5 Å². The molecular formula is C25H17FN4O2. The van der Waals surface area contributed by atoms with Crippen LogP contribution in [-0.2, 0) is 0 Å². The first-order valence-corrected chi connectivity index (χ1v) is 9.89. The van der Waals surface area contributed by atoms with E-state index >= 15 is 0 Å². The highest BCUT2D eigenvalue weighted by Crippen LogP contribution is 2.25. The number of imidazole rings is 1. The molecule has 0 saturated heterocycles. The van der Waals surface area contributed by atoms with Crippen molar-refractivity contribution in [2.45, 2.75) is 0 Å². The van der Waals surface area contributed by atoms with Crippen molar-refractivity contribution in [3.63, 3.8) is 0 Å². The first kappa shape index (κ1) is 19.4. The predicted molar refractivity (Wildman–Crippen MR) is 119 cm³/mol. The van der Waals surface area contributed by atoms with Crippen molar-refractivity contribution >= 4 is 17.4 Å². The van der Waals surface area contributed by atoms with Crippen molar-refractivity contribution in [1.82, 2.24) is 14.4 Å². The largest absolute Gasteiger partial charge is 0.457 e. The minimum Gasteiger partial charge on any atom is -0.457 e. The van der Waals surface area contributed by atoms with Crippen molar-refractivity contribution < 1.29 is 13.9 Å². The highest BCUT2D eigenvalue weighted by atomic mass is 19.1. The number of halogens is 1. The third kappa shape index (κ3) is 4.17. The molecule has 0 bridgehead atoms. The van der Waals surface area contributed by atoms with Crippen LogP contribution in [-0.4, -0.2) is 20.3 Å². The van der Waals surface area contributed by atoms with Crippen molar-refractivity contribution in [2.24, 2.45) is 0 Å². The van der Waals surface area contributed by atoms with E-state index in [1.54, 1.807) is 30.5 Å². The molecular weight excluding hydrogens is 407 g/mol. The summed E-state index contributed by atoms with van der Waals surface area (Å²) >= 11 is 0. The maximum absolute atomic E-state index is 13.1. The van der Waals surface area contributed by atoms with Gasteiger partial charge in [-0.1, -0.05) is 18.2 Å². The molecule has 0 spiro atoms. The molecule has 0 atom stereocenters. The van der Waals surface area contributed by atoms with Crippen LogP contribution in [0, 0.1) is 5.82 Å². The van der Waals surface area contributed by atoms with Gasteiger partial charge in [-0.2, -0.15) is 0 Å². The maximum atomic E-state index is 13.1. The van der Waals surface area contributed by atoms with Gasteiger partial charge in [0.2, 0.25) is 5.78 Å². The van der Waals surface area contributed by atoms with Crippen molar-refractivity contribution in [3.05, 3.63) is 109 Å². The average molecular weight is 424 g/mol. The van der Waals surface area contributed by atoms with E-state index in [4.69, 9.17) is 4.74 Å². The lowest BCUT2D eigenvalue weighted by Gasteiger charge is -2.09. The third-order valence-corrected chi connectivity index (χ3v) is 4.80. The summed E-state index contributed by atoms with van der Waals surface area (Å²) in [6.45, 7) is 0. The van der Waals surface area contributed by atoms with Crippen molar-refractivity contribution in [3.8, 4) is 22.8 Å². The summed E-state index contributed by atoms with van der Waals surface area (Å²) in [6, 6.07) is 21.8. The molecule has 0 aliphatic carbocycles. The van der Waals surface area contributed by atoms with E-state index in [1.165, 1.54) is 24.3 Å². The SMILES string of the molecule is O=C(Nc1cccc(-c2cn3cccnc3n2)c1)c1cccc(Oc2ccc(F)cc2)c1. The van der Waals surface area contributed by atoms with Crippen LogP contribution in [0.3, 0.4) is 0 Å². The molecule has 0 radical (unpaired) electrons. The number of hydrogen-bond acceptors (Lipinski definition) is 4. The van der Waals surface area contributed by atoms with Crippen molar-refractivity contribution in [2.75, 3.05) is 5.32 Å². The molecule has 7 heteroatoms. The number of nitrogens with zero attached hydrogens (tertiary/aromatic N) is 3. The Labute approximate surface area is 183 Å². The van der Waals surface area contributed by atoms with Crippen LogP contribution in [0.25, 0.3) is 17.0 Å². The molecule has 32 heavy (non-hydrogen) atoms. The molecule has 5 rings (SSSR count). The molecule has 0 fully saturated rings. The molecule has 2 heterocycles. The quantitative estimate of drug-likeness (QED) is 0.400. The highest BCUT2D eigenvalue weighted by Gasteiger charge is 2.10. The predicted octanol–water partition coefficient (Wildman–Crippen LogP) is 5.58. The minimum atomic E-state index is -0.340. The summed E-state index contributed by atoms with van der Waals surface area (Å²) in [5, 5.41) is 2.91. The third-order valence-electron chi connectivity index (χ3n) is 4.80. The van der Waals surface area contributed by atoms with Gasteiger partial charge in [-0.15, -0.1) is 0 Å². The van der Waals surface area contributed by atoms with Crippen LogP contribution < -0.4 is 10.1 Å². The van der Waals surface area contributed by atoms with Crippen LogP contribution in [0.5, 0.6) is 11.5 Å². The molecule has 6 nitrogen and oxygen atoms in total. The number of anilines is 1. The topological polar surface area (TPSA) is 68.5 Å². The number of benzene rings is 3. The van der Waals surface area contributed by atoms with Crippen LogP contribution in [0.4, 0.5) is 10.1 Å². The van der Waals surface area contributed by atoms with Gasteiger partial charge in [0.15, 0.2) is 0 Å². The Morgan fingerprint density at radius 3 is 2.62 bits per heavy atom. The molecule has 3 aromatic carbocycles. The number of aromatic nitrogens is 3. The Bertz CT molecular complexity index is 1380. The number of hydrogen-bond donors (Lipinski definition) is 1. The molecule has 5 aromatic rings. The monoisotopic (exact) mass is 424 g/mol. The van der Waals surface area contributed by atoms with Crippen molar-refractivity contribution in [1.29, 1.82) is 0 Å². The van der Waals surface area contributed by atoms with E-state index in [9.17, 15) is 9.18 Å². The van der Waals surface area contributed by atoms with E-state index in [-0.39, 0.29) is 11.7 Å². The van der Waals surface area contributed by atoms with Crippen LogP contribution in [0.1, 0.15) is 10.4 Å². The number of carbonyl (C=O) groups excluding carboxylic acids is 1. The van der Waals surface area contributed by atoms with Gasteiger partial charge in [0.25, 0.3) is 5.91 Å². The first-order chi connectivity index (χ1) is 15.6. The normalized spacial score (nSPS) is 10.8. The van der Waals surface area contributed by atoms with E-state index < -0.39 is 0 Å². The molecule has 0 aliphatic rings. The zero-order valence-corrected chi connectivity index (χ0v) is 16.8. The summed E-state index contributed by atoms with van der Waals surface area (Å²) < 4.78 is 20.6. The summed E-state index contributed by atoms with van der Waals surface area (Å²) in [7, 11) is 0. The fraction of sp³-hybridized carbons (Fsp3) is 0. The van der Waals surface area contributed by atoms with Gasteiger partial charge < -0.3 is 10.1 Å². The van der Waals surface area contributed by atoms with Gasteiger partial charge in [0.05, 0.1) is 5.69 Å². The Hall–Kier alpha value is -4.52. The number of rotatable bonds is 5. The van der Waals surface area contributed by atoms with Gasteiger partial charge in [-0.3, -0.25) is 9.20 Å². The first-order valence-electron chi connectivity index (χ1n) is 9.89. The van der Waals surface area contributed by atoms with E-state index in [1.807, 2.05) is 47.1 Å². The fourth-order valence-corrected chi connectivity index (χ4v) is 3.27. The zero-order valence-electron chi connectivity index (χ0n) is 16.8. The molecule has 1 N–H and O–H groups in total. The number of carbonyl (C=O) groups is 1. The number of fused-ring (bicyclic) bond motifs is 1. The zero-order chi connectivity index (χ0) is 21.9. The summed E-state index contributed by atoms with van der Waals surface area (Å²) in [5.74, 6) is 0.958. The molecule has 156 valence electrons. The molecule has 2 aromatic heterocycles. The molecule has 0 saturated carbocycles. The van der Waals surface area contributed by atoms with E-state index in [0.717, 1.165) is 11.3 Å². The second-order valence-electron chi connectivity index (χ2n) is 7.07. The maximum Gasteiger partial charge on any atom is 0.255 e. The lowest BCUT2D eigenvalue weighted by Crippen LogP contribution is -2.11. The van der Waals surface area contributed by atoms with Gasteiger partial charge in [0, 0.05) is 35.4 Å². The number of ether oxygens (including phenoxy) is 1. The fourth-order valence-electron chi connectivity index (χ4n) is 3.27. The average Bonchev–Trinajstić information content (AvgIpc) is 3.25.